The number of esters is 2. The first-order valence-corrected chi connectivity index (χ1v) is 4.80. The van der Waals surface area contributed by atoms with Crippen molar-refractivity contribution in [3.63, 3.8) is 0 Å². The van der Waals surface area contributed by atoms with Crippen molar-refractivity contribution < 1.29 is 19.1 Å². The Labute approximate surface area is 93.3 Å². The van der Waals surface area contributed by atoms with Crippen LogP contribution in [0.2, 0.25) is 0 Å². The van der Waals surface area contributed by atoms with Crippen LogP contribution >= 0.6 is 0 Å². The molecule has 0 heterocycles. The Balaban J connectivity index is 4.24. The number of rotatable bonds is 5. The van der Waals surface area contributed by atoms with E-state index in [2.05, 4.69) is 4.74 Å². The minimum absolute atomic E-state index is 0.160. The van der Waals surface area contributed by atoms with Gasteiger partial charge in [-0.1, -0.05) is 13.8 Å². The molecule has 7 heteroatoms. The van der Waals surface area contributed by atoms with Gasteiger partial charge in [0.2, 0.25) is 5.91 Å². The van der Waals surface area contributed by atoms with E-state index in [0.717, 1.165) is 0 Å². The highest BCUT2D eigenvalue weighted by atomic mass is 16.6. The van der Waals surface area contributed by atoms with Crippen LogP contribution in [0.3, 0.4) is 0 Å². The fraction of sp³-hybridized carbons (Fsp3) is 0.667. The number of carbonyl (C=O) groups excluding carboxylic acids is 3. The molecule has 0 aliphatic carbocycles. The van der Waals surface area contributed by atoms with Crippen molar-refractivity contribution in [3.05, 3.63) is 0 Å². The third-order valence-corrected chi connectivity index (χ3v) is 1.92. The Morgan fingerprint density at radius 2 is 1.62 bits per heavy atom. The van der Waals surface area contributed by atoms with E-state index < -0.39 is 29.9 Å². The first kappa shape index (κ1) is 14.5. The van der Waals surface area contributed by atoms with Crippen LogP contribution in [-0.2, 0) is 19.1 Å². The Kier molecular flexibility index (Phi) is 5.62. The third kappa shape index (κ3) is 4.85. The summed E-state index contributed by atoms with van der Waals surface area (Å²) in [6, 6.07) is -2.13. The van der Waals surface area contributed by atoms with Gasteiger partial charge in [-0.3, -0.25) is 4.79 Å². The van der Waals surface area contributed by atoms with E-state index in [1.54, 1.807) is 13.8 Å². The summed E-state index contributed by atoms with van der Waals surface area (Å²) >= 11 is 0. The maximum atomic E-state index is 11.2. The number of nitrogens with two attached hydrogens (primary N) is 3. The highest BCUT2D eigenvalue weighted by Crippen LogP contribution is 2.02. The third-order valence-electron chi connectivity index (χ3n) is 1.92. The Hall–Kier alpha value is -1.47. The lowest BCUT2D eigenvalue weighted by Gasteiger charge is -2.14. The molecule has 16 heavy (non-hydrogen) atoms. The van der Waals surface area contributed by atoms with Crippen molar-refractivity contribution in [2.45, 2.75) is 32.4 Å². The second-order valence-electron chi connectivity index (χ2n) is 3.79. The average molecular weight is 231 g/mol. The first-order valence-electron chi connectivity index (χ1n) is 4.80. The quantitative estimate of drug-likeness (QED) is 0.378. The van der Waals surface area contributed by atoms with Crippen molar-refractivity contribution in [2.75, 3.05) is 0 Å². The summed E-state index contributed by atoms with van der Waals surface area (Å²) in [5, 5.41) is 0. The standard InChI is InChI=1S/C9H17N3O4/c1-4(2)7(12)9(15)16-8(14)5(10)3-6(11)13/h4-5,7H,3,10,12H2,1-2H3,(H2,11,13)/t5-,7-/m0/s1. The Morgan fingerprint density at radius 1 is 1.12 bits per heavy atom. The topological polar surface area (TPSA) is 138 Å². The van der Waals surface area contributed by atoms with Crippen LogP contribution in [0.5, 0.6) is 0 Å². The van der Waals surface area contributed by atoms with Crippen molar-refractivity contribution in [3.8, 4) is 0 Å². The van der Waals surface area contributed by atoms with Crippen molar-refractivity contribution in [2.24, 2.45) is 23.1 Å². The molecule has 0 aliphatic rings. The number of carbonyl (C=O) groups is 3. The molecule has 7 nitrogen and oxygen atoms in total. The predicted octanol–water partition coefficient (Wildman–Crippen LogP) is -1.76. The lowest BCUT2D eigenvalue weighted by atomic mass is 10.1. The molecule has 2 atom stereocenters. The highest BCUT2D eigenvalue weighted by Gasteiger charge is 2.25. The van der Waals surface area contributed by atoms with Crippen molar-refractivity contribution in [1.29, 1.82) is 0 Å². The molecule has 0 aliphatic heterocycles. The van der Waals surface area contributed by atoms with E-state index in [-0.39, 0.29) is 12.3 Å². The average Bonchev–Trinajstić information content (AvgIpc) is 2.14. The van der Waals surface area contributed by atoms with E-state index in [0.29, 0.717) is 0 Å². The highest BCUT2D eigenvalue weighted by molar-refractivity contribution is 5.92. The zero-order valence-corrected chi connectivity index (χ0v) is 9.30. The molecule has 6 N–H and O–H groups in total. The van der Waals surface area contributed by atoms with Gasteiger partial charge in [-0.2, -0.15) is 0 Å². The molecule has 92 valence electrons. The van der Waals surface area contributed by atoms with Crippen LogP contribution in [0.4, 0.5) is 0 Å². The second kappa shape index (κ2) is 6.19. The smallest absolute Gasteiger partial charge is 0.331 e. The normalized spacial score (nSPS) is 14.3. The van der Waals surface area contributed by atoms with Gasteiger partial charge in [0.15, 0.2) is 0 Å². The van der Waals surface area contributed by atoms with Crippen LogP contribution in [0.1, 0.15) is 20.3 Å². The zero-order valence-electron chi connectivity index (χ0n) is 9.30. The van der Waals surface area contributed by atoms with E-state index in [4.69, 9.17) is 17.2 Å². The van der Waals surface area contributed by atoms with Crippen LogP contribution < -0.4 is 17.2 Å². The van der Waals surface area contributed by atoms with Gasteiger partial charge in [0.25, 0.3) is 0 Å². The van der Waals surface area contributed by atoms with Gasteiger partial charge >= 0.3 is 11.9 Å². The number of amides is 1. The monoisotopic (exact) mass is 231 g/mol. The van der Waals surface area contributed by atoms with Gasteiger partial charge < -0.3 is 21.9 Å². The van der Waals surface area contributed by atoms with Crippen molar-refractivity contribution >= 4 is 17.8 Å². The molecule has 0 aromatic rings. The molecule has 0 rings (SSSR count). The number of ether oxygens (including phenoxy) is 1. The Bertz CT molecular complexity index is 290. The minimum atomic E-state index is -1.24. The van der Waals surface area contributed by atoms with Crippen molar-refractivity contribution in [1.82, 2.24) is 0 Å². The van der Waals surface area contributed by atoms with Crippen LogP contribution in [0.25, 0.3) is 0 Å². The van der Waals surface area contributed by atoms with E-state index >= 15 is 0 Å². The molecular weight excluding hydrogens is 214 g/mol. The van der Waals surface area contributed by atoms with Gasteiger partial charge in [-0.25, -0.2) is 9.59 Å². The lowest BCUT2D eigenvalue weighted by molar-refractivity contribution is -0.162. The van der Waals surface area contributed by atoms with Gasteiger partial charge in [0.05, 0.1) is 6.42 Å². The first-order chi connectivity index (χ1) is 7.25. The molecule has 0 saturated heterocycles. The van der Waals surface area contributed by atoms with Gasteiger partial charge in [-0.05, 0) is 5.92 Å². The SMILES string of the molecule is CC(C)[C@H](N)C(=O)OC(=O)[C@@H](N)CC(N)=O. The molecule has 0 radical (unpaired) electrons. The Morgan fingerprint density at radius 3 is 2.00 bits per heavy atom. The molecule has 0 aromatic carbocycles. The fourth-order valence-electron chi connectivity index (χ4n) is 0.815. The molecule has 0 spiro atoms. The molecule has 0 unspecified atom stereocenters. The minimum Gasteiger partial charge on any atom is -0.391 e. The van der Waals surface area contributed by atoms with Crippen LogP contribution in [0.15, 0.2) is 0 Å². The van der Waals surface area contributed by atoms with Gasteiger partial charge in [-0.15, -0.1) is 0 Å². The summed E-state index contributed by atoms with van der Waals surface area (Å²) < 4.78 is 4.40. The maximum absolute atomic E-state index is 11.2. The van der Waals surface area contributed by atoms with Gasteiger partial charge in [0.1, 0.15) is 12.1 Å². The molecular formula is C9H17N3O4. The summed E-state index contributed by atoms with van der Waals surface area (Å²) in [5.74, 6) is -2.77. The number of hydrogen-bond donors (Lipinski definition) is 3. The molecule has 0 bridgehead atoms. The van der Waals surface area contributed by atoms with Gasteiger partial charge in [0, 0.05) is 0 Å². The summed E-state index contributed by atoms with van der Waals surface area (Å²) in [5.41, 5.74) is 15.6. The lowest BCUT2D eigenvalue weighted by Crippen LogP contribution is -2.43. The number of hydrogen-bond acceptors (Lipinski definition) is 6. The molecule has 0 fully saturated rings. The predicted molar refractivity (Wildman–Crippen MR) is 55.7 cm³/mol. The maximum Gasteiger partial charge on any atom is 0.331 e. The van der Waals surface area contributed by atoms with Crippen LogP contribution in [-0.4, -0.2) is 29.9 Å². The molecule has 0 aromatic heterocycles. The molecule has 1 amide bonds. The van der Waals surface area contributed by atoms with E-state index in [9.17, 15) is 14.4 Å². The largest absolute Gasteiger partial charge is 0.391 e. The second-order valence-corrected chi connectivity index (χ2v) is 3.79. The number of primary amides is 1. The zero-order chi connectivity index (χ0) is 12.9. The summed E-state index contributed by atoms with van der Waals surface area (Å²) in [7, 11) is 0. The van der Waals surface area contributed by atoms with E-state index in [1.165, 1.54) is 0 Å². The summed E-state index contributed by atoms with van der Waals surface area (Å²) in [6.45, 7) is 3.42. The van der Waals surface area contributed by atoms with E-state index in [1.807, 2.05) is 0 Å². The summed E-state index contributed by atoms with van der Waals surface area (Å²) in [6.07, 6.45) is -0.372. The molecule has 0 saturated carbocycles. The fourth-order valence-corrected chi connectivity index (χ4v) is 0.815. The summed E-state index contributed by atoms with van der Waals surface area (Å²) in [4.78, 5) is 32.9. The van der Waals surface area contributed by atoms with Crippen LogP contribution in [0, 0.1) is 5.92 Å².